The van der Waals surface area contributed by atoms with Gasteiger partial charge in [0.15, 0.2) is 0 Å². The lowest BCUT2D eigenvalue weighted by molar-refractivity contribution is -0.917. The Morgan fingerprint density at radius 1 is 1.38 bits per heavy atom. The summed E-state index contributed by atoms with van der Waals surface area (Å²) in [6.07, 6.45) is -0.198. The van der Waals surface area contributed by atoms with Crippen molar-refractivity contribution in [3.8, 4) is 5.75 Å². The van der Waals surface area contributed by atoms with Crippen molar-refractivity contribution in [2.24, 2.45) is 0 Å². The average molecular weight is 358 g/mol. The number of carbonyl (C=O) groups is 1. The molecule has 0 spiro atoms. The number of hydrogen-bond acceptors (Lipinski definition) is 3. The summed E-state index contributed by atoms with van der Waals surface area (Å²) in [6, 6.07) is 6.06. The van der Waals surface area contributed by atoms with Crippen molar-refractivity contribution in [3.05, 3.63) is 28.2 Å². The molecule has 0 bridgehead atoms. The molecule has 0 radical (unpaired) electrons. The molecule has 1 heterocycles. The number of ether oxygens (including phenoxy) is 2. The van der Waals surface area contributed by atoms with Gasteiger partial charge in [0, 0.05) is 10.0 Å². The normalized spacial score (nSPS) is 15.9. The van der Waals surface area contributed by atoms with Crippen molar-refractivity contribution in [3.63, 3.8) is 0 Å². The molecule has 1 aromatic carbocycles. The predicted molar refractivity (Wildman–Crippen MR) is 83.7 cm³/mol. The molecule has 0 atom stereocenters. The number of carbonyl (C=O) groups excluding carboxylic acids is 1. The first-order chi connectivity index (χ1) is 10.1. The molecule has 1 aliphatic rings. The Bertz CT molecular complexity index is 488. The van der Waals surface area contributed by atoms with E-state index in [9.17, 15) is 4.79 Å². The van der Waals surface area contributed by atoms with E-state index in [1.54, 1.807) is 12.0 Å². The van der Waals surface area contributed by atoms with Crippen LogP contribution in [0.25, 0.3) is 0 Å². The molecule has 2 rings (SSSR count). The van der Waals surface area contributed by atoms with E-state index in [1.165, 1.54) is 10.5 Å². The average Bonchev–Trinajstić information content (AvgIpc) is 2.48. The van der Waals surface area contributed by atoms with Crippen LogP contribution in [0.4, 0.5) is 4.79 Å². The molecule has 0 saturated carbocycles. The van der Waals surface area contributed by atoms with Crippen molar-refractivity contribution in [2.75, 3.05) is 39.9 Å². The summed E-state index contributed by atoms with van der Waals surface area (Å²) in [4.78, 5) is 14.9. The van der Waals surface area contributed by atoms with Crippen molar-refractivity contribution in [1.29, 1.82) is 0 Å². The van der Waals surface area contributed by atoms with Gasteiger partial charge in [0.1, 0.15) is 12.3 Å². The van der Waals surface area contributed by atoms with Crippen LogP contribution >= 0.6 is 15.9 Å². The maximum Gasteiger partial charge on any atom is 0.410 e. The number of rotatable bonds is 4. The zero-order valence-corrected chi connectivity index (χ0v) is 14.1. The van der Waals surface area contributed by atoms with Gasteiger partial charge in [0.2, 0.25) is 0 Å². The Labute approximate surface area is 133 Å². The molecule has 6 heteroatoms. The molecular weight excluding hydrogens is 336 g/mol. The molecule has 0 aromatic heterocycles. The second kappa shape index (κ2) is 7.66. The third-order valence-electron chi connectivity index (χ3n) is 3.68. The van der Waals surface area contributed by atoms with E-state index in [-0.39, 0.29) is 6.09 Å². The Morgan fingerprint density at radius 2 is 2.10 bits per heavy atom. The molecule has 0 unspecified atom stereocenters. The lowest BCUT2D eigenvalue weighted by Gasteiger charge is -2.31. The van der Waals surface area contributed by atoms with Gasteiger partial charge < -0.3 is 14.4 Å². The van der Waals surface area contributed by atoms with Crippen molar-refractivity contribution in [2.45, 2.75) is 13.5 Å². The number of methoxy groups -OCH3 is 1. The molecule has 1 N–H and O–H groups in total. The van der Waals surface area contributed by atoms with Crippen LogP contribution in [-0.2, 0) is 11.3 Å². The van der Waals surface area contributed by atoms with Crippen LogP contribution in [0.3, 0.4) is 0 Å². The van der Waals surface area contributed by atoms with Crippen molar-refractivity contribution >= 4 is 22.0 Å². The van der Waals surface area contributed by atoms with E-state index in [0.717, 1.165) is 42.9 Å². The summed E-state index contributed by atoms with van der Waals surface area (Å²) in [7, 11) is 1.70. The summed E-state index contributed by atoms with van der Waals surface area (Å²) in [6.45, 7) is 6.50. The highest BCUT2D eigenvalue weighted by Crippen LogP contribution is 2.22. The highest BCUT2D eigenvalue weighted by molar-refractivity contribution is 9.10. The van der Waals surface area contributed by atoms with Gasteiger partial charge in [0.05, 0.1) is 39.9 Å². The molecule has 5 nitrogen and oxygen atoms in total. The van der Waals surface area contributed by atoms with Crippen molar-refractivity contribution < 1.29 is 19.2 Å². The molecule has 1 fully saturated rings. The smallest absolute Gasteiger partial charge is 0.410 e. The summed E-state index contributed by atoms with van der Waals surface area (Å²) < 4.78 is 11.5. The standard InChI is InChI=1S/C15H21BrN2O3/c1-3-21-15(19)18-8-6-17(7-9-18)11-12-10-13(16)4-5-14(12)20-2/h4-5,10H,3,6-9,11H2,1-2H3/p+1. The Balaban J connectivity index is 1.92. The second-order valence-corrected chi connectivity index (χ2v) is 5.98. The van der Waals surface area contributed by atoms with Gasteiger partial charge in [-0.05, 0) is 25.1 Å². The number of quaternary nitrogens is 1. The largest absolute Gasteiger partial charge is 0.496 e. The van der Waals surface area contributed by atoms with Gasteiger partial charge in [-0.1, -0.05) is 15.9 Å². The summed E-state index contributed by atoms with van der Waals surface area (Å²) >= 11 is 3.50. The van der Waals surface area contributed by atoms with Gasteiger partial charge >= 0.3 is 6.09 Å². The summed E-state index contributed by atoms with van der Waals surface area (Å²) in [5, 5.41) is 0. The minimum absolute atomic E-state index is 0.198. The SMILES string of the molecule is CCOC(=O)N1CC[NH+](Cc2cc(Br)ccc2OC)CC1. The molecule has 116 valence electrons. The van der Waals surface area contributed by atoms with E-state index in [2.05, 4.69) is 22.0 Å². The highest BCUT2D eigenvalue weighted by Gasteiger charge is 2.25. The highest BCUT2D eigenvalue weighted by atomic mass is 79.9. The fourth-order valence-electron chi connectivity index (χ4n) is 2.55. The first kappa shape index (κ1) is 16.1. The van der Waals surface area contributed by atoms with Crippen LogP contribution in [0.1, 0.15) is 12.5 Å². The molecule has 1 saturated heterocycles. The predicted octanol–water partition coefficient (Wildman–Crippen LogP) is 1.31. The Morgan fingerprint density at radius 3 is 2.71 bits per heavy atom. The summed E-state index contributed by atoms with van der Waals surface area (Å²) in [5.41, 5.74) is 1.19. The second-order valence-electron chi connectivity index (χ2n) is 5.07. The first-order valence-electron chi connectivity index (χ1n) is 7.21. The van der Waals surface area contributed by atoms with Gasteiger partial charge in [-0.2, -0.15) is 0 Å². The van der Waals surface area contributed by atoms with E-state index < -0.39 is 0 Å². The molecule has 1 aromatic rings. The Hall–Kier alpha value is -1.27. The maximum atomic E-state index is 11.7. The van der Waals surface area contributed by atoms with Crippen LogP contribution in [0.2, 0.25) is 0 Å². The number of halogens is 1. The van der Waals surface area contributed by atoms with Gasteiger partial charge in [-0.3, -0.25) is 4.90 Å². The van der Waals surface area contributed by atoms with Gasteiger partial charge in [-0.25, -0.2) is 4.79 Å². The van der Waals surface area contributed by atoms with Crippen LogP contribution in [0.15, 0.2) is 22.7 Å². The number of benzene rings is 1. The molecule has 1 amide bonds. The molecule has 0 aliphatic carbocycles. The minimum atomic E-state index is -0.198. The Kier molecular flexibility index (Phi) is 5.87. The number of amides is 1. The monoisotopic (exact) mass is 357 g/mol. The fraction of sp³-hybridized carbons (Fsp3) is 0.533. The lowest BCUT2D eigenvalue weighted by atomic mass is 10.1. The van der Waals surface area contributed by atoms with E-state index >= 15 is 0 Å². The third-order valence-corrected chi connectivity index (χ3v) is 4.17. The van der Waals surface area contributed by atoms with Crippen LogP contribution in [-0.4, -0.2) is 50.9 Å². The van der Waals surface area contributed by atoms with E-state index in [4.69, 9.17) is 9.47 Å². The van der Waals surface area contributed by atoms with Crippen LogP contribution < -0.4 is 9.64 Å². The minimum Gasteiger partial charge on any atom is -0.496 e. The zero-order chi connectivity index (χ0) is 15.2. The number of hydrogen-bond donors (Lipinski definition) is 1. The molecule has 1 aliphatic heterocycles. The summed E-state index contributed by atoms with van der Waals surface area (Å²) in [5.74, 6) is 0.915. The van der Waals surface area contributed by atoms with E-state index in [0.29, 0.717) is 6.61 Å². The molecular formula is C15H22BrN2O3+. The fourth-order valence-corrected chi connectivity index (χ4v) is 2.96. The lowest BCUT2D eigenvalue weighted by Crippen LogP contribution is -3.13. The topological polar surface area (TPSA) is 43.2 Å². The number of nitrogens with zero attached hydrogens (tertiary/aromatic N) is 1. The molecule has 21 heavy (non-hydrogen) atoms. The maximum absolute atomic E-state index is 11.7. The third kappa shape index (κ3) is 4.35. The van der Waals surface area contributed by atoms with E-state index in [1.807, 2.05) is 19.1 Å². The number of piperazine rings is 1. The van der Waals surface area contributed by atoms with Crippen LogP contribution in [0, 0.1) is 0 Å². The van der Waals surface area contributed by atoms with Crippen LogP contribution in [0.5, 0.6) is 5.75 Å². The number of nitrogens with one attached hydrogen (secondary N) is 1. The van der Waals surface area contributed by atoms with Gasteiger partial charge in [-0.15, -0.1) is 0 Å². The zero-order valence-electron chi connectivity index (χ0n) is 12.5. The van der Waals surface area contributed by atoms with Crippen molar-refractivity contribution in [1.82, 2.24) is 4.90 Å². The quantitative estimate of drug-likeness (QED) is 0.883. The first-order valence-corrected chi connectivity index (χ1v) is 8.01. The van der Waals surface area contributed by atoms with Gasteiger partial charge in [0.25, 0.3) is 0 Å².